The van der Waals surface area contributed by atoms with Gasteiger partial charge >= 0.3 is 0 Å². The van der Waals surface area contributed by atoms with E-state index in [-0.39, 0.29) is 17.7 Å². The van der Waals surface area contributed by atoms with E-state index in [1.54, 1.807) is 35.2 Å². The van der Waals surface area contributed by atoms with Crippen LogP contribution in [0.1, 0.15) is 28.6 Å². The van der Waals surface area contributed by atoms with Crippen LogP contribution in [0, 0.1) is 16.4 Å². The van der Waals surface area contributed by atoms with Crippen molar-refractivity contribution in [3.63, 3.8) is 0 Å². The van der Waals surface area contributed by atoms with Gasteiger partial charge in [0, 0.05) is 26.2 Å². The summed E-state index contributed by atoms with van der Waals surface area (Å²) in [4.78, 5) is 4.66. The highest BCUT2D eigenvalue weighted by Gasteiger charge is 2.27. The molecule has 1 saturated heterocycles. The number of rotatable bonds is 7. The first-order valence-corrected chi connectivity index (χ1v) is 12.2. The Balaban J connectivity index is 1.29. The number of aromatic amines is 1. The molecule has 0 aliphatic carbocycles. The third kappa shape index (κ3) is 5.64. The van der Waals surface area contributed by atoms with Crippen molar-refractivity contribution in [3.8, 4) is 0 Å². The minimum absolute atomic E-state index is 0.0848. The molecule has 36 heavy (non-hydrogen) atoms. The van der Waals surface area contributed by atoms with Gasteiger partial charge in [0.05, 0.1) is 18.8 Å². The Morgan fingerprint density at radius 1 is 0.861 bits per heavy atom. The van der Waals surface area contributed by atoms with Gasteiger partial charge in [0.2, 0.25) is 4.77 Å². The fourth-order valence-corrected chi connectivity index (χ4v) is 4.69. The normalized spacial score (nSPS) is 15.2. The molecule has 5 rings (SSSR count). The summed E-state index contributed by atoms with van der Waals surface area (Å²) in [5.41, 5.74) is 2.94. The Morgan fingerprint density at radius 2 is 1.44 bits per heavy atom. The molecule has 1 N–H and O–H groups in total. The van der Waals surface area contributed by atoms with E-state index in [9.17, 15) is 8.78 Å². The quantitative estimate of drug-likeness (QED) is 0.284. The number of nitrogens with zero attached hydrogens (tertiary/aromatic N) is 5. The molecule has 3 aromatic carbocycles. The van der Waals surface area contributed by atoms with Gasteiger partial charge in [0.15, 0.2) is 5.82 Å². The van der Waals surface area contributed by atoms with Gasteiger partial charge in [-0.1, -0.05) is 54.6 Å². The number of hydrogen-bond donors (Lipinski definition) is 1. The molecule has 9 heteroatoms. The fraction of sp³-hybridized carbons (Fsp3) is 0.222. The lowest BCUT2D eigenvalue weighted by Gasteiger charge is -2.39. The fourth-order valence-electron chi connectivity index (χ4n) is 4.49. The van der Waals surface area contributed by atoms with Gasteiger partial charge in [-0.2, -0.15) is 14.9 Å². The number of piperazine rings is 1. The Hall–Kier alpha value is -3.53. The Morgan fingerprint density at radius 3 is 2.03 bits per heavy atom. The Bertz CT molecular complexity index is 1310. The minimum atomic E-state index is -0.273. The monoisotopic (exact) mass is 504 g/mol. The first kappa shape index (κ1) is 24.2. The molecule has 1 aliphatic heterocycles. The van der Waals surface area contributed by atoms with E-state index in [2.05, 4.69) is 25.1 Å². The molecule has 184 valence electrons. The van der Waals surface area contributed by atoms with Crippen LogP contribution in [0.4, 0.5) is 8.78 Å². The molecule has 1 aromatic heterocycles. The molecule has 0 atom stereocenters. The first-order chi connectivity index (χ1) is 17.6. The van der Waals surface area contributed by atoms with Crippen LogP contribution in [-0.2, 0) is 6.54 Å². The third-order valence-corrected chi connectivity index (χ3v) is 6.61. The molecule has 4 aromatic rings. The summed E-state index contributed by atoms with van der Waals surface area (Å²) in [5, 5.41) is 11.8. The van der Waals surface area contributed by atoms with Gasteiger partial charge in [0.1, 0.15) is 11.6 Å². The summed E-state index contributed by atoms with van der Waals surface area (Å²) in [6.07, 6.45) is 1.77. The average molecular weight is 505 g/mol. The maximum atomic E-state index is 13.6. The van der Waals surface area contributed by atoms with E-state index in [4.69, 9.17) is 12.2 Å². The van der Waals surface area contributed by atoms with Crippen LogP contribution in [0.5, 0.6) is 0 Å². The molecule has 0 bridgehead atoms. The minimum Gasteiger partial charge on any atom is -0.293 e. The lowest BCUT2D eigenvalue weighted by atomic mass is 9.96. The van der Waals surface area contributed by atoms with Crippen molar-refractivity contribution >= 4 is 18.4 Å². The highest BCUT2D eigenvalue weighted by molar-refractivity contribution is 7.71. The van der Waals surface area contributed by atoms with E-state index < -0.39 is 0 Å². The van der Waals surface area contributed by atoms with Crippen molar-refractivity contribution in [2.75, 3.05) is 26.2 Å². The van der Waals surface area contributed by atoms with E-state index >= 15 is 0 Å². The largest absolute Gasteiger partial charge is 0.293 e. The number of H-pyrrole nitrogens is 1. The van der Waals surface area contributed by atoms with Crippen molar-refractivity contribution in [1.82, 2.24) is 24.7 Å². The smallest absolute Gasteiger partial charge is 0.216 e. The highest BCUT2D eigenvalue weighted by atomic mass is 32.1. The van der Waals surface area contributed by atoms with Crippen LogP contribution in [0.3, 0.4) is 0 Å². The molecular formula is C27H26F2N6S. The van der Waals surface area contributed by atoms with Gasteiger partial charge in [-0.15, -0.1) is 0 Å². The average Bonchev–Trinajstić information content (AvgIpc) is 3.25. The van der Waals surface area contributed by atoms with Crippen LogP contribution >= 0.6 is 12.2 Å². The second-order valence-corrected chi connectivity index (χ2v) is 9.12. The Labute approximate surface area is 213 Å². The molecule has 0 amide bonds. The van der Waals surface area contributed by atoms with Crippen LogP contribution in [0.25, 0.3) is 0 Å². The predicted octanol–water partition coefficient (Wildman–Crippen LogP) is 5.01. The molecule has 2 heterocycles. The lowest BCUT2D eigenvalue weighted by molar-refractivity contribution is 0.102. The van der Waals surface area contributed by atoms with E-state index in [1.807, 2.05) is 30.3 Å². The number of halogens is 2. The molecule has 0 saturated carbocycles. The van der Waals surface area contributed by atoms with Crippen molar-refractivity contribution < 1.29 is 8.78 Å². The van der Waals surface area contributed by atoms with Crippen molar-refractivity contribution in [2.45, 2.75) is 12.6 Å². The van der Waals surface area contributed by atoms with E-state index in [0.717, 1.165) is 48.7 Å². The maximum Gasteiger partial charge on any atom is 0.216 e. The number of hydrogen-bond acceptors (Lipinski definition) is 5. The standard InChI is InChI=1S/C27H26F2N6S/c28-23-10-6-21(7-11-23)26(22-8-12-24(29)13-9-22)34-16-14-33(15-17-34)19-25-31-32-27(36)35(25)30-18-20-4-2-1-3-5-20/h1-13,18,26H,14-17,19H2,(H,32,36)/b30-18+. The highest BCUT2D eigenvalue weighted by Crippen LogP contribution is 2.30. The molecule has 0 radical (unpaired) electrons. The molecule has 0 unspecified atom stereocenters. The zero-order chi connectivity index (χ0) is 24.9. The first-order valence-electron chi connectivity index (χ1n) is 11.8. The van der Waals surface area contributed by atoms with Gasteiger partial charge < -0.3 is 0 Å². The molecule has 1 fully saturated rings. The second kappa shape index (κ2) is 11.0. The zero-order valence-corrected chi connectivity index (χ0v) is 20.4. The predicted molar refractivity (Wildman–Crippen MR) is 138 cm³/mol. The van der Waals surface area contributed by atoms with Gasteiger partial charge in [0.25, 0.3) is 0 Å². The van der Waals surface area contributed by atoms with E-state index in [1.165, 1.54) is 24.3 Å². The van der Waals surface area contributed by atoms with Crippen molar-refractivity contribution in [2.24, 2.45) is 5.10 Å². The summed E-state index contributed by atoms with van der Waals surface area (Å²) in [6.45, 7) is 3.79. The summed E-state index contributed by atoms with van der Waals surface area (Å²) in [7, 11) is 0. The summed E-state index contributed by atoms with van der Waals surface area (Å²) in [5.74, 6) is 0.198. The molecule has 6 nitrogen and oxygen atoms in total. The number of benzene rings is 3. The third-order valence-electron chi connectivity index (χ3n) is 6.35. The van der Waals surface area contributed by atoms with Crippen LogP contribution in [0.2, 0.25) is 0 Å². The van der Waals surface area contributed by atoms with Crippen LogP contribution in [-0.4, -0.2) is 57.1 Å². The summed E-state index contributed by atoms with van der Waals surface area (Å²) < 4.78 is 29.3. The summed E-state index contributed by atoms with van der Waals surface area (Å²) >= 11 is 5.39. The van der Waals surface area contributed by atoms with Gasteiger partial charge in [-0.3, -0.25) is 14.9 Å². The maximum absolute atomic E-state index is 13.6. The molecule has 1 aliphatic rings. The van der Waals surface area contributed by atoms with E-state index in [0.29, 0.717) is 11.3 Å². The van der Waals surface area contributed by atoms with Crippen molar-refractivity contribution in [3.05, 3.63) is 118 Å². The zero-order valence-electron chi connectivity index (χ0n) is 19.6. The molecular weight excluding hydrogens is 478 g/mol. The van der Waals surface area contributed by atoms with Crippen LogP contribution in [0.15, 0.2) is 84.0 Å². The second-order valence-electron chi connectivity index (χ2n) is 8.73. The van der Waals surface area contributed by atoms with Crippen LogP contribution < -0.4 is 0 Å². The van der Waals surface area contributed by atoms with Gasteiger partial charge in [-0.25, -0.2) is 8.78 Å². The van der Waals surface area contributed by atoms with Gasteiger partial charge in [-0.05, 0) is 53.2 Å². The SMILES string of the molecule is Fc1ccc(C(c2ccc(F)cc2)N2CCN(Cc3n[nH]c(=S)n3/N=C/c3ccccc3)CC2)cc1. The number of nitrogens with one attached hydrogen (secondary N) is 1. The molecule has 0 spiro atoms. The topological polar surface area (TPSA) is 52.4 Å². The Kier molecular flexibility index (Phi) is 7.41. The summed E-state index contributed by atoms with van der Waals surface area (Å²) in [6, 6.07) is 22.9. The van der Waals surface area contributed by atoms with Crippen molar-refractivity contribution in [1.29, 1.82) is 0 Å². The lowest BCUT2D eigenvalue weighted by Crippen LogP contribution is -2.47. The number of aromatic nitrogens is 3.